The van der Waals surface area contributed by atoms with E-state index in [1.807, 2.05) is 20.8 Å². The van der Waals surface area contributed by atoms with Crippen molar-refractivity contribution in [2.45, 2.75) is 32.4 Å². The maximum atomic E-state index is 14.0. The van der Waals surface area contributed by atoms with Crippen LogP contribution in [0.5, 0.6) is 0 Å². The molecule has 2 aromatic heterocycles. The first kappa shape index (κ1) is 25.3. The van der Waals surface area contributed by atoms with Crippen LogP contribution >= 0.6 is 11.6 Å². The Bertz CT molecular complexity index is 1390. The zero-order valence-electron chi connectivity index (χ0n) is 17.8. The van der Waals surface area contributed by atoms with Gasteiger partial charge in [0, 0.05) is 23.0 Å². The molecular weight excluding hydrogens is 462 g/mol. The van der Waals surface area contributed by atoms with Crippen LogP contribution in [0.3, 0.4) is 0 Å². The van der Waals surface area contributed by atoms with Gasteiger partial charge < -0.3 is 4.98 Å². The van der Waals surface area contributed by atoms with Crippen LogP contribution in [0, 0.1) is 11.3 Å². The summed E-state index contributed by atoms with van der Waals surface area (Å²) in [5.74, 6) is 0.142. The van der Waals surface area contributed by atoms with Crippen molar-refractivity contribution in [1.82, 2.24) is 19.7 Å². The van der Waals surface area contributed by atoms with Crippen LogP contribution in [0.2, 0.25) is 5.02 Å². The van der Waals surface area contributed by atoms with E-state index in [1.165, 1.54) is 4.68 Å². The van der Waals surface area contributed by atoms with Crippen molar-refractivity contribution >= 4 is 52.2 Å². The Labute approximate surface area is 215 Å². The molecule has 2 aromatic carbocycles. The third-order valence-corrected chi connectivity index (χ3v) is 5.51. The molecule has 0 fully saturated rings. The van der Waals surface area contributed by atoms with Crippen LogP contribution in [0.15, 0.2) is 36.4 Å². The summed E-state index contributed by atoms with van der Waals surface area (Å²) < 4.78 is 43.4. The molecule has 0 bridgehead atoms. The van der Waals surface area contributed by atoms with Crippen molar-refractivity contribution in [2.24, 2.45) is 7.05 Å². The number of imidazole rings is 1. The summed E-state index contributed by atoms with van der Waals surface area (Å²) in [6, 6.07) is 11.4. The maximum absolute atomic E-state index is 14.0. The van der Waals surface area contributed by atoms with Gasteiger partial charge in [-0.05, 0) is 23.8 Å². The molecule has 5 nitrogen and oxygen atoms in total. The number of halogens is 4. The number of hydrogen-bond acceptors (Lipinski definition) is 3. The fraction of sp³-hybridized carbons (Fsp3) is 0.261. The number of benzene rings is 2. The molecule has 2 heterocycles. The molecule has 0 unspecified atom stereocenters. The van der Waals surface area contributed by atoms with Crippen LogP contribution in [0.25, 0.3) is 33.7 Å². The molecule has 0 radical (unpaired) electrons. The van der Waals surface area contributed by atoms with Gasteiger partial charge in [0.2, 0.25) is 0 Å². The zero-order chi connectivity index (χ0) is 23.4. The predicted octanol–water partition coefficient (Wildman–Crippen LogP) is 5.82. The first-order valence-electron chi connectivity index (χ1n) is 9.75. The Kier molecular flexibility index (Phi) is 6.75. The number of nitrogens with one attached hydrogen (secondary N) is 1. The van der Waals surface area contributed by atoms with Crippen LogP contribution < -0.4 is 0 Å². The number of fused-ring (bicyclic) bond motifs is 1. The Hall–Kier alpha value is -2.31. The van der Waals surface area contributed by atoms with Crippen LogP contribution in [0.4, 0.5) is 13.2 Å². The van der Waals surface area contributed by atoms with Gasteiger partial charge in [0.1, 0.15) is 17.3 Å². The van der Waals surface area contributed by atoms with E-state index in [-0.39, 0.29) is 52.0 Å². The number of rotatable bonds is 2. The fourth-order valence-corrected chi connectivity index (χ4v) is 3.97. The number of hydrogen-bond donors (Lipinski definition) is 1. The van der Waals surface area contributed by atoms with Crippen LogP contribution in [-0.4, -0.2) is 49.3 Å². The summed E-state index contributed by atoms with van der Waals surface area (Å²) in [5, 5.41) is 14.6. The second-order valence-corrected chi connectivity index (χ2v) is 8.95. The van der Waals surface area contributed by atoms with Crippen molar-refractivity contribution < 1.29 is 13.2 Å². The quantitative estimate of drug-likeness (QED) is 0.366. The van der Waals surface area contributed by atoms with Gasteiger partial charge in [0.15, 0.2) is 5.82 Å². The van der Waals surface area contributed by atoms with Gasteiger partial charge in [0.25, 0.3) is 0 Å². The van der Waals surface area contributed by atoms with Gasteiger partial charge >= 0.3 is 35.7 Å². The van der Waals surface area contributed by atoms with Gasteiger partial charge in [-0.25, -0.2) is 4.98 Å². The Morgan fingerprint density at radius 2 is 1.79 bits per heavy atom. The minimum atomic E-state index is -4.62. The number of H-pyrrole nitrogens is 1. The molecule has 10 heteroatoms. The van der Waals surface area contributed by atoms with E-state index in [1.54, 1.807) is 37.4 Å². The van der Waals surface area contributed by atoms with E-state index >= 15 is 0 Å². The first-order chi connectivity index (χ1) is 14.9. The Morgan fingerprint density at radius 3 is 2.36 bits per heavy atom. The molecule has 0 saturated carbocycles. The number of aryl methyl sites for hydroxylation is 1. The van der Waals surface area contributed by atoms with Gasteiger partial charge in [-0.2, -0.15) is 23.5 Å². The third-order valence-electron chi connectivity index (χ3n) is 5.18. The number of aromatic amines is 1. The van der Waals surface area contributed by atoms with Crippen molar-refractivity contribution in [2.75, 3.05) is 0 Å². The van der Waals surface area contributed by atoms with E-state index in [0.29, 0.717) is 27.5 Å². The third kappa shape index (κ3) is 4.56. The molecule has 0 aliphatic rings. The summed E-state index contributed by atoms with van der Waals surface area (Å²) in [5.41, 5.74) is 0.597. The monoisotopic (exact) mass is 481 g/mol. The second kappa shape index (κ2) is 8.80. The average Bonchev–Trinajstić information content (AvgIpc) is 3.26. The summed E-state index contributed by atoms with van der Waals surface area (Å²) in [4.78, 5) is 7.21. The molecular formula is C23H20ClF3N5Na. The molecule has 4 rings (SSSR count). The van der Waals surface area contributed by atoms with Crippen molar-refractivity contribution in [3.05, 3.63) is 58.2 Å². The fourth-order valence-electron chi connectivity index (χ4n) is 3.73. The van der Waals surface area contributed by atoms with Crippen LogP contribution in [0.1, 0.15) is 37.6 Å². The number of aromatic nitrogens is 4. The number of nitrogens with zero attached hydrogens (tertiary/aromatic N) is 4. The molecule has 0 spiro atoms. The van der Waals surface area contributed by atoms with E-state index in [9.17, 15) is 18.4 Å². The average molecular weight is 482 g/mol. The summed E-state index contributed by atoms with van der Waals surface area (Å²) in [7, 11) is 1.64. The first-order valence-corrected chi connectivity index (χ1v) is 10.1. The van der Waals surface area contributed by atoms with E-state index in [0.717, 1.165) is 6.07 Å². The Morgan fingerprint density at radius 1 is 1.12 bits per heavy atom. The summed E-state index contributed by atoms with van der Waals surface area (Å²) in [6.45, 7) is 5.74. The standard InChI is InChI=1S/C23H19ClF3N5.Na.H/c1-22(2,3)20-14(11-28)19(32(4)31-20)21-29-17-10-12(13-7-5-6-8-16(13)24)9-15(18(17)30-21)23(25,26)27;;/h5-10H,1-4H3,(H,29,30);;. The van der Waals surface area contributed by atoms with Crippen LogP contribution in [-0.2, 0) is 18.6 Å². The molecule has 0 atom stereocenters. The molecule has 166 valence electrons. The van der Waals surface area contributed by atoms with E-state index in [2.05, 4.69) is 21.1 Å². The second-order valence-electron chi connectivity index (χ2n) is 8.54. The van der Waals surface area contributed by atoms with Crippen molar-refractivity contribution in [3.8, 4) is 28.7 Å². The molecule has 1 N–H and O–H groups in total. The number of alkyl halides is 3. The zero-order valence-corrected chi connectivity index (χ0v) is 18.5. The van der Waals surface area contributed by atoms with Crippen molar-refractivity contribution in [3.63, 3.8) is 0 Å². The van der Waals surface area contributed by atoms with Gasteiger partial charge in [-0.3, -0.25) is 4.68 Å². The van der Waals surface area contributed by atoms with Gasteiger partial charge in [-0.15, -0.1) is 0 Å². The Balaban J connectivity index is 0.00000306. The predicted molar refractivity (Wildman–Crippen MR) is 124 cm³/mol. The molecule has 33 heavy (non-hydrogen) atoms. The van der Waals surface area contributed by atoms with Crippen molar-refractivity contribution in [1.29, 1.82) is 5.26 Å². The summed E-state index contributed by atoms with van der Waals surface area (Å²) >= 11 is 6.23. The van der Waals surface area contributed by atoms with E-state index < -0.39 is 17.2 Å². The van der Waals surface area contributed by atoms with Gasteiger partial charge in [-0.1, -0.05) is 50.6 Å². The topological polar surface area (TPSA) is 70.3 Å². The molecule has 0 amide bonds. The van der Waals surface area contributed by atoms with Gasteiger partial charge in [0.05, 0.1) is 22.3 Å². The minimum absolute atomic E-state index is 0. The molecule has 0 aliphatic carbocycles. The number of nitriles is 1. The molecule has 0 aliphatic heterocycles. The molecule has 4 aromatic rings. The normalized spacial score (nSPS) is 12.0. The molecule has 0 saturated heterocycles. The SMILES string of the molecule is Cn1nc(C(C)(C)C)c(C#N)c1-c1nc2cc(-c3ccccc3Cl)cc(C(F)(F)F)c2[nH]1.[NaH]. The summed E-state index contributed by atoms with van der Waals surface area (Å²) in [6.07, 6.45) is -4.62. The van der Waals surface area contributed by atoms with E-state index in [4.69, 9.17) is 11.6 Å².